The molecule has 0 atom stereocenters. The second-order valence-corrected chi connectivity index (χ2v) is 3.68. The maximum Gasteiger partial charge on any atom is -0.00853 e. The van der Waals surface area contributed by atoms with Gasteiger partial charge in [0.2, 0.25) is 0 Å². The van der Waals surface area contributed by atoms with Crippen LogP contribution >= 0.6 is 0 Å². The summed E-state index contributed by atoms with van der Waals surface area (Å²) in [7, 11) is 0. The summed E-state index contributed by atoms with van der Waals surface area (Å²) in [6.07, 6.45) is 3.49. The average Bonchev–Trinajstić information content (AvgIpc) is 2.47. The Morgan fingerprint density at radius 1 is 1.17 bits per heavy atom. The molecule has 0 nitrogen and oxygen atoms in total. The molecule has 0 aliphatic heterocycles. The van der Waals surface area contributed by atoms with Crippen LogP contribution in [0.2, 0.25) is 0 Å². The standard InChI is InChI=1S/C12H14/c1-9(2)11-8-7-10-5-3-4-6-12(10)11/h3-6,8-9H,7H2,1-2H3. The highest BCUT2D eigenvalue weighted by Gasteiger charge is 2.14. The third kappa shape index (κ3) is 1.08. The van der Waals surface area contributed by atoms with E-state index in [0.29, 0.717) is 5.92 Å². The Hall–Kier alpha value is -1.04. The Bertz CT molecular complexity index is 319. The van der Waals surface area contributed by atoms with Crippen LogP contribution in [0.1, 0.15) is 25.0 Å². The summed E-state index contributed by atoms with van der Waals surface area (Å²) < 4.78 is 0. The van der Waals surface area contributed by atoms with Gasteiger partial charge in [-0.25, -0.2) is 0 Å². The molecule has 0 radical (unpaired) electrons. The first-order valence-electron chi connectivity index (χ1n) is 4.57. The molecule has 0 aromatic heterocycles. The van der Waals surface area contributed by atoms with Gasteiger partial charge in [-0.05, 0) is 29.0 Å². The second-order valence-electron chi connectivity index (χ2n) is 3.68. The van der Waals surface area contributed by atoms with E-state index in [-0.39, 0.29) is 0 Å². The largest absolute Gasteiger partial charge is 0.0760 e. The lowest BCUT2D eigenvalue weighted by Gasteiger charge is -2.08. The number of allylic oxidation sites excluding steroid dienone is 2. The van der Waals surface area contributed by atoms with Crippen LogP contribution < -0.4 is 0 Å². The third-order valence-electron chi connectivity index (χ3n) is 2.49. The topological polar surface area (TPSA) is 0 Å². The first-order valence-corrected chi connectivity index (χ1v) is 4.57. The maximum absolute atomic E-state index is 2.36. The van der Waals surface area contributed by atoms with Gasteiger partial charge >= 0.3 is 0 Å². The minimum absolute atomic E-state index is 0.661. The predicted octanol–water partition coefficient (Wildman–Crippen LogP) is 3.28. The van der Waals surface area contributed by atoms with Gasteiger partial charge in [-0.3, -0.25) is 0 Å². The molecule has 0 heterocycles. The zero-order valence-electron chi connectivity index (χ0n) is 7.67. The van der Waals surface area contributed by atoms with E-state index in [1.54, 1.807) is 0 Å². The highest BCUT2D eigenvalue weighted by molar-refractivity contribution is 5.73. The molecule has 2 rings (SSSR count). The summed E-state index contributed by atoms with van der Waals surface area (Å²) in [4.78, 5) is 0. The molecule has 0 fully saturated rings. The molecule has 1 aliphatic rings. The molecule has 0 bridgehead atoms. The van der Waals surface area contributed by atoms with E-state index < -0.39 is 0 Å². The van der Waals surface area contributed by atoms with Gasteiger partial charge in [-0.1, -0.05) is 44.2 Å². The van der Waals surface area contributed by atoms with Gasteiger partial charge in [0.1, 0.15) is 0 Å². The molecule has 12 heavy (non-hydrogen) atoms. The van der Waals surface area contributed by atoms with E-state index in [2.05, 4.69) is 44.2 Å². The van der Waals surface area contributed by atoms with E-state index in [1.165, 1.54) is 16.7 Å². The van der Waals surface area contributed by atoms with E-state index in [4.69, 9.17) is 0 Å². The van der Waals surface area contributed by atoms with E-state index in [1.807, 2.05) is 0 Å². The summed E-state index contributed by atoms with van der Waals surface area (Å²) >= 11 is 0. The van der Waals surface area contributed by atoms with Crippen molar-refractivity contribution < 1.29 is 0 Å². The number of benzene rings is 1. The molecule has 1 aromatic carbocycles. The first-order chi connectivity index (χ1) is 5.79. The third-order valence-corrected chi connectivity index (χ3v) is 2.49. The lowest BCUT2D eigenvalue weighted by Crippen LogP contribution is -1.90. The Labute approximate surface area is 73.9 Å². The lowest BCUT2D eigenvalue weighted by atomic mass is 9.97. The van der Waals surface area contributed by atoms with Crippen molar-refractivity contribution in [2.24, 2.45) is 5.92 Å². The highest BCUT2D eigenvalue weighted by Crippen LogP contribution is 2.31. The quantitative estimate of drug-likeness (QED) is 0.588. The molecule has 0 saturated heterocycles. The molecule has 1 aliphatic carbocycles. The lowest BCUT2D eigenvalue weighted by molar-refractivity contribution is 0.857. The monoisotopic (exact) mass is 158 g/mol. The van der Waals surface area contributed by atoms with Gasteiger partial charge in [0.25, 0.3) is 0 Å². The van der Waals surface area contributed by atoms with Gasteiger partial charge in [-0.15, -0.1) is 0 Å². The predicted molar refractivity (Wildman–Crippen MR) is 53.0 cm³/mol. The molecule has 0 heteroatoms. The fraction of sp³-hybridized carbons (Fsp3) is 0.333. The van der Waals surface area contributed by atoms with Crippen LogP contribution in [0.3, 0.4) is 0 Å². The Morgan fingerprint density at radius 2 is 1.92 bits per heavy atom. The molecule has 62 valence electrons. The number of fused-ring (bicyclic) bond motifs is 1. The molecule has 0 unspecified atom stereocenters. The molecular weight excluding hydrogens is 144 g/mol. The number of rotatable bonds is 1. The minimum atomic E-state index is 0.661. The van der Waals surface area contributed by atoms with Crippen molar-refractivity contribution in [1.29, 1.82) is 0 Å². The van der Waals surface area contributed by atoms with Gasteiger partial charge in [-0.2, -0.15) is 0 Å². The van der Waals surface area contributed by atoms with Crippen LogP contribution in [0.5, 0.6) is 0 Å². The Morgan fingerprint density at radius 3 is 2.67 bits per heavy atom. The highest BCUT2D eigenvalue weighted by atomic mass is 14.2. The molecule has 0 spiro atoms. The normalized spacial score (nSPS) is 14.8. The Balaban J connectivity index is 2.45. The van der Waals surface area contributed by atoms with E-state index in [9.17, 15) is 0 Å². The SMILES string of the molecule is CC(C)C1=CCc2ccccc21. The zero-order valence-corrected chi connectivity index (χ0v) is 7.67. The summed E-state index contributed by atoms with van der Waals surface area (Å²) in [5, 5.41) is 0. The Kier molecular flexibility index (Phi) is 1.76. The fourth-order valence-electron chi connectivity index (χ4n) is 1.86. The smallest absolute Gasteiger partial charge is 0.00853 e. The van der Waals surface area contributed by atoms with Crippen molar-refractivity contribution >= 4 is 5.57 Å². The van der Waals surface area contributed by atoms with E-state index in [0.717, 1.165) is 6.42 Å². The number of hydrogen-bond acceptors (Lipinski definition) is 0. The zero-order chi connectivity index (χ0) is 8.55. The van der Waals surface area contributed by atoms with Crippen LogP contribution in [0.15, 0.2) is 30.3 Å². The summed E-state index contributed by atoms with van der Waals surface area (Å²) in [6.45, 7) is 4.52. The van der Waals surface area contributed by atoms with Crippen molar-refractivity contribution in [3.8, 4) is 0 Å². The van der Waals surface area contributed by atoms with Crippen molar-refractivity contribution in [2.75, 3.05) is 0 Å². The summed E-state index contributed by atoms with van der Waals surface area (Å²) in [6, 6.07) is 8.70. The average molecular weight is 158 g/mol. The molecular formula is C12H14. The van der Waals surface area contributed by atoms with Gasteiger partial charge < -0.3 is 0 Å². The van der Waals surface area contributed by atoms with E-state index >= 15 is 0 Å². The van der Waals surface area contributed by atoms with Gasteiger partial charge in [0.05, 0.1) is 0 Å². The summed E-state index contributed by atoms with van der Waals surface area (Å²) in [5.74, 6) is 0.661. The van der Waals surface area contributed by atoms with Crippen LogP contribution in [-0.2, 0) is 6.42 Å². The molecule has 1 aromatic rings. The van der Waals surface area contributed by atoms with Crippen LogP contribution in [0.25, 0.3) is 5.57 Å². The number of hydrogen-bond donors (Lipinski definition) is 0. The maximum atomic E-state index is 2.36. The molecule has 0 N–H and O–H groups in total. The minimum Gasteiger partial charge on any atom is -0.0760 e. The molecule has 0 amide bonds. The van der Waals surface area contributed by atoms with Crippen LogP contribution in [-0.4, -0.2) is 0 Å². The van der Waals surface area contributed by atoms with Crippen molar-refractivity contribution in [2.45, 2.75) is 20.3 Å². The van der Waals surface area contributed by atoms with Crippen molar-refractivity contribution in [1.82, 2.24) is 0 Å². The summed E-state index contributed by atoms with van der Waals surface area (Å²) in [5.41, 5.74) is 4.47. The van der Waals surface area contributed by atoms with Gasteiger partial charge in [0, 0.05) is 0 Å². The van der Waals surface area contributed by atoms with Gasteiger partial charge in [0.15, 0.2) is 0 Å². The second kappa shape index (κ2) is 2.78. The first kappa shape index (κ1) is 7.60. The fourth-order valence-corrected chi connectivity index (χ4v) is 1.86. The van der Waals surface area contributed by atoms with Crippen LogP contribution in [0.4, 0.5) is 0 Å². The molecule has 0 saturated carbocycles. The van der Waals surface area contributed by atoms with Crippen LogP contribution in [0, 0.1) is 5.92 Å². The van der Waals surface area contributed by atoms with Crippen molar-refractivity contribution in [3.05, 3.63) is 41.5 Å². The van der Waals surface area contributed by atoms with Crippen molar-refractivity contribution in [3.63, 3.8) is 0 Å².